The van der Waals surface area contributed by atoms with Crippen molar-refractivity contribution in [3.05, 3.63) is 29.6 Å². The Hall–Kier alpha value is -1.20. The monoisotopic (exact) mass is 252 g/mol. The Morgan fingerprint density at radius 3 is 2.76 bits per heavy atom. The Labute approximate surface area is 106 Å². The highest BCUT2D eigenvalue weighted by molar-refractivity contribution is 6.19. The Morgan fingerprint density at radius 1 is 1.29 bits per heavy atom. The molecule has 1 fully saturated rings. The van der Waals surface area contributed by atoms with E-state index in [9.17, 15) is 4.39 Å². The van der Waals surface area contributed by atoms with Gasteiger partial charge in [0.15, 0.2) is 0 Å². The average Bonchev–Trinajstić information content (AvgIpc) is 2.78. The smallest absolute Gasteiger partial charge is 0.128 e. The summed E-state index contributed by atoms with van der Waals surface area (Å²) < 4.78 is 19.1. The fourth-order valence-corrected chi connectivity index (χ4v) is 2.10. The minimum absolute atomic E-state index is 0.227. The van der Waals surface area contributed by atoms with Gasteiger partial charge in [0.05, 0.1) is 12.0 Å². The van der Waals surface area contributed by atoms with Gasteiger partial charge < -0.3 is 4.74 Å². The van der Waals surface area contributed by atoms with Gasteiger partial charge in [-0.3, -0.25) is 0 Å². The minimum atomic E-state index is -0.320. The van der Waals surface area contributed by atoms with E-state index in [1.165, 1.54) is 25.0 Å². The molecule has 1 aromatic rings. The lowest BCUT2D eigenvalue weighted by atomic mass is 10.2. The van der Waals surface area contributed by atoms with Gasteiger partial charge in [-0.2, -0.15) is 0 Å². The quantitative estimate of drug-likeness (QED) is 0.576. The second-order valence-electron chi connectivity index (χ2n) is 4.14. The molecule has 0 saturated heterocycles. The molecule has 90 valence electrons. The maximum atomic E-state index is 13.3. The van der Waals surface area contributed by atoms with E-state index in [1.54, 1.807) is 6.07 Å². The van der Waals surface area contributed by atoms with Gasteiger partial charge in [-0.1, -0.05) is 11.8 Å². The standard InChI is InChI=1S/C14H14ClFO/c15-7-3-4-11-8-12(16)10-14(9-11)17-13-5-1-2-6-13/h8-10,13H,1-2,5-7H2. The minimum Gasteiger partial charge on any atom is -0.490 e. The van der Waals surface area contributed by atoms with Crippen molar-refractivity contribution in [2.24, 2.45) is 0 Å². The van der Waals surface area contributed by atoms with Gasteiger partial charge in [-0.05, 0) is 37.8 Å². The van der Waals surface area contributed by atoms with Crippen LogP contribution in [0.4, 0.5) is 4.39 Å². The second-order valence-corrected chi connectivity index (χ2v) is 4.40. The number of benzene rings is 1. The van der Waals surface area contributed by atoms with E-state index >= 15 is 0 Å². The largest absolute Gasteiger partial charge is 0.490 e. The summed E-state index contributed by atoms with van der Waals surface area (Å²) in [4.78, 5) is 0. The van der Waals surface area contributed by atoms with Crippen molar-refractivity contribution in [3.8, 4) is 17.6 Å². The van der Waals surface area contributed by atoms with Gasteiger partial charge in [-0.15, -0.1) is 11.6 Å². The van der Waals surface area contributed by atoms with Crippen LogP contribution in [0.5, 0.6) is 5.75 Å². The average molecular weight is 253 g/mol. The van der Waals surface area contributed by atoms with Gasteiger partial charge in [-0.25, -0.2) is 4.39 Å². The van der Waals surface area contributed by atoms with E-state index in [-0.39, 0.29) is 17.8 Å². The molecule has 1 aromatic carbocycles. The van der Waals surface area contributed by atoms with Gasteiger partial charge in [0.25, 0.3) is 0 Å². The fourth-order valence-electron chi connectivity index (χ4n) is 2.04. The molecule has 0 bridgehead atoms. The molecule has 1 saturated carbocycles. The molecule has 0 amide bonds. The van der Waals surface area contributed by atoms with E-state index in [0.29, 0.717) is 11.3 Å². The van der Waals surface area contributed by atoms with Crippen LogP contribution in [0.1, 0.15) is 31.2 Å². The Kier molecular flexibility index (Phi) is 4.28. The Balaban J connectivity index is 2.12. The van der Waals surface area contributed by atoms with Crippen LogP contribution in [0.3, 0.4) is 0 Å². The van der Waals surface area contributed by atoms with Crippen LogP contribution < -0.4 is 4.74 Å². The topological polar surface area (TPSA) is 9.23 Å². The van der Waals surface area contributed by atoms with Crippen LogP contribution in [0, 0.1) is 17.7 Å². The molecule has 0 spiro atoms. The van der Waals surface area contributed by atoms with Crippen molar-refractivity contribution in [1.82, 2.24) is 0 Å². The number of hydrogen-bond acceptors (Lipinski definition) is 1. The van der Waals surface area contributed by atoms with Crippen LogP contribution in [-0.4, -0.2) is 12.0 Å². The van der Waals surface area contributed by atoms with Crippen LogP contribution >= 0.6 is 11.6 Å². The summed E-state index contributed by atoms with van der Waals surface area (Å²) in [5.74, 6) is 6.00. The second kappa shape index (κ2) is 5.93. The lowest BCUT2D eigenvalue weighted by Crippen LogP contribution is -2.11. The number of alkyl halides is 1. The van der Waals surface area contributed by atoms with Crippen molar-refractivity contribution in [2.75, 3.05) is 5.88 Å². The van der Waals surface area contributed by atoms with Gasteiger partial charge in [0.2, 0.25) is 0 Å². The highest BCUT2D eigenvalue weighted by Gasteiger charge is 2.16. The van der Waals surface area contributed by atoms with Crippen LogP contribution in [0.2, 0.25) is 0 Å². The summed E-state index contributed by atoms with van der Waals surface area (Å²) in [6.45, 7) is 0. The van der Waals surface area contributed by atoms with Crippen molar-refractivity contribution < 1.29 is 9.13 Å². The van der Waals surface area contributed by atoms with Crippen molar-refractivity contribution in [3.63, 3.8) is 0 Å². The molecule has 1 aliphatic carbocycles. The third kappa shape index (κ3) is 3.64. The number of hydrogen-bond donors (Lipinski definition) is 0. The number of halogens is 2. The Bertz CT molecular complexity index is 441. The first-order chi connectivity index (χ1) is 8.28. The highest BCUT2D eigenvalue weighted by atomic mass is 35.5. The van der Waals surface area contributed by atoms with Crippen molar-refractivity contribution >= 4 is 11.6 Å². The summed E-state index contributed by atoms with van der Waals surface area (Å²) in [7, 11) is 0. The highest BCUT2D eigenvalue weighted by Crippen LogP contribution is 2.25. The van der Waals surface area contributed by atoms with Crippen LogP contribution in [0.15, 0.2) is 18.2 Å². The predicted molar refractivity (Wildman–Crippen MR) is 66.9 cm³/mol. The van der Waals surface area contributed by atoms with Crippen LogP contribution in [-0.2, 0) is 0 Å². The van der Waals surface area contributed by atoms with Crippen molar-refractivity contribution in [2.45, 2.75) is 31.8 Å². The fraction of sp³-hybridized carbons (Fsp3) is 0.429. The molecule has 1 aliphatic rings. The third-order valence-electron chi connectivity index (χ3n) is 2.78. The van der Waals surface area contributed by atoms with E-state index in [0.717, 1.165) is 12.8 Å². The molecule has 2 rings (SSSR count). The molecule has 0 atom stereocenters. The van der Waals surface area contributed by atoms with E-state index in [2.05, 4.69) is 11.8 Å². The first-order valence-electron chi connectivity index (χ1n) is 5.80. The summed E-state index contributed by atoms with van der Waals surface area (Å²) in [6.07, 6.45) is 4.72. The lowest BCUT2D eigenvalue weighted by molar-refractivity contribution is 0.209. The zero-order valence-electron chi connectivity index (χ0n) is 9.51. The summed E-state index contributed by atoms with van der Waals surface area (Å²) in [6, 6.07) is 4.56. The zero-order chi connectivity index (χ0) is 12.1. The summed E-state index contributed by atoms with van der Waals surface area (Å²) in [5, 5.41) is 0. The van der Waals surface area contributed by atoms with Gasteiger partial charge in [0.1, 0.15) is 11.6 Å². The molecule has 0 heterocycles. The molecule has 3 heteroatoms. The zero-order valence-corrected chi connectivity index (χ0v) is 10.3. The normalized spacial score (nSPS) is 15.4. The van der Waals surface area contributed by atoms with E-state index in [1.807, 2.05) is 0 Å². The first kappa shape index (κ1) is 12.3. The summed E-state index contributed by atoms with van der Waals surface area (Å²) >= 11 is 5.47. The SMILES string of the molecule is Fc1cc(C#CCCl)cc(OC2CCCC2)c1. The molecule has 0 aliphatic heterocycles. The van der Waals surface area contributed by atoms with E-state index < -0.39 is 0 Å². The molecular weight excluding hydrogens is 239 g/mol. The molecule has 0 aromatic heterocycles. The molecule has 17 heavy (non-hydrogen) atoms. The number of ether oxygens (including phenoxy) is 1. The number of rotatable bonds is 2. The maximum absolute atomic E-state index is 13.3. The van der Waals surface area contributed by atoms with Gasteiger partial charge in [0, 0.05) is 11.6 Å². The predicted octanol–water partition coefficient (Wildman–Crippen LogP) is 3.74. The molecule has 0 radical (unpaired) electrons. The maximum Gasteiger partial charge on any atom is 0.128 e. The third-order valence-corrected chi connectivity index (χ3v) is 2.91. The van der Waals surface area contributed by atoms with Crippen molar-refractivity contribution in [1.29, 1.82) is 0 Å². The lowest BCUT2D eigenvalue weighted by Gasteiger charge is -2.13. The van der Waals surface area contributed by atoms with Gasteiger partial charge >= 0.3 is 0 Å². The first-order valence-corrected chi connectivity index (χ1v) is 6.33. The summed E-state index contributed by atoms with van der Waals surface area (Å²) in [5.41, 5.74) is 0.610. The molecule has 0 N–H and O–H groups in total. The molecule has 1 nitrogen and oxygen atoms in total. The van der Waals surface area contributed by atoms with E-state index in [4.69, 9.17) is 16.3 Å². The Morgan fingerprint density at radius 2 is 2.06 bits per heavy atom. The molecular formula is C14H14ClFO. The molecule has 0 unspecified atom stereocenters. The van der Waals surface area contributed by atoms with Crippen LogP contribution in [0.25, 0.3) is 0 Å².